The SMILES string of the molecule is Cc1nc(CC(=O)N2CCC(Cc3ncncc3C(=O)Nc3nccs3)CC2)cs1. The van der Waals surface area contributed by atoms with Crippen LogP contribution in [0.2, 0.25) is 0 Å². The van der Waals surface area contributed by atoms with Crippen LogP contribution in [0.25, 0.3) is 0 Å². The smallest absolute Gasteiger partial charge is 0.260 e. The van der Waals surface area contributed by atoms with Crippen LogP contribution in [0, 0.1) is 12.8 Å². The highest BCUT2D eigenvalue weighted by Crippen LogP contribution is 2.23. The van der Waals surface area contributed by atoms with Crippen molar-refractivity contribution in [2.75, 3.05) is 18.4 Å². The molecular weight excluding hydrogens is 420 g/mol. The van der Waals surface area contributed by atoms with Gasteiger partial charge in [-0.15, -0.1) is 22.7 Å². The van der Waals surface area contributed by atoms with Crippen LogP contribution >= 0.6 is 22.7 Å². The van der Waals surface area contributed by atoms with Crippen molar-refractivity contribution in [2.45, 2.75) is 32.6 Å². The maximum absolute atomic E-state index is 12.6. The van der Waals surface area contributed by atoms with E-state index in [1.807, 2.05) is 22.6 Å². The summed E-state index contributed by atoms with van der Waals surface area (Å²) in [7, 11) is 0. The Labute approximate surface area is 182 Å². The molecule has 3 aromatic rings. The van der Waals surface area contributed by atoms with Crippen LogP contribution in [0.5, 0.6) is 0 Å². The van der Waals surface area contributed by atoms with Crippen molar-refractivity contribution in [2.24, 2.45) is 5.92 Å². The average Bonchev–Trinajstić information content (AvgIpc) is 3.40. The molecule has 8 nitrogen and oxygen atoms in total. The summed E-state index contributed by atoms with van der Waals surface area (Å²) in [6.07, 6.45) is 7.51. The molecule has 0 aliphatic carbocycles. The number of nitrogens with one attached hydrogen (secondary N) is 1. The van der Waals surface area contributed by atoms with Crippen LogP contribution in [0.15, 0.2) is 29.5 Å². The summed E-state index contributed by atoms with van der Waals surface area (Å²) in [6, 6.07) is 0. The van der Waals surface area contributed by atoms with Gasteiger partial charge in [0.2, 0.25) is 5.91 Å². The Morgan fingerprint density at radius 2 is 2.07 bits per heavy atom. The van der Waals surface area contributed by atoms with Crippen LogP contribution < -0.4 is 5.32 Å². The number of rotatable bonds is 6. The molecule has 0 unspecified atom stereocenters. The normalized spacial score (nSPS) is 14.6. The predicted molar refractivity (Wildman–Crippen MR) is 116 cm³/mol. The van der Waals surface area contributed by atoms with E-state index in [1.165, 1.54) is 17.7 Å². The van der Waals surface area contributed by atoms with Gasteiger partial charge in [0.1, 0.15) is 6.33 Å². The van der Waals surface area contributed by atoms with Gasteiger partial charge >= 0.3 is 0 Å². The number of nitrogens with zero attached hydrogens (tertiary/aromatic N) is 5. The summed E-state index contributed by atoms with van der Waals surface area (Å²) in [4.78, 5) is 43.9. The number of carbonyl (C=O) groups excluding carboxylic acids is 2. The Hall–Kier alpha value is -2.72. The van der Waals surface area contributed by atoms with Gasteiger partial charge in [-0.3, -0.25) is 14.9 Å². The zero-order valence-electron chi connectivity index (χ0n) is 16.6. The zero-order chi connectivity index (χ0) is 20.9. The molecule has 1 aliphatic rings. The number of likely N-dealkylation sites (tertiary alicyclic amines) is 1. The third-order valence-electron chi connectivity index (χ3n) is 5.14. The van der Waals surface area contributed by atoms with E-state index in [2.05, 4.69) is 25.3 Å². The molecule has 0 bridgehead atoms. The fraction of sp³-hybridized carbons (Fsp3) is 0.400. The first-order valence-corrected chi connectivity index (χ1v) is 11.5. The van der Waals surface area contributed by atoms with Gasteiger partial charge in [0.05, 0.1) is 28.4 Å². The van der Waals surface area contributed by atoms with Crippen LogP contribution in [0.3, 0.4) is 0 Å². The van der Waals surface area contributed by atoms with Gasteiger partial charge in [-0.05, 0) is 32.1 Å². The molecule has 1 N–H and O–H groups in total. The van der Waals surface area contributed by atoms with Crippen molar-refractivity contribution in [3.05, 3.63) is 51.4 Å². The van der Waals surface area contributed by atoms with Crippen molar-refractivity contribution in [1.82, 2.24) is 24.8 Å². The maximum atomic E-state index is 12.6. The molecule has 156 valence electrons. The van der Waals surface area contributed by atoms with Gasteiger partial charge in [0, 0.05) is 36.2 Å². The number of anilines is 1. The molecule has 3 aromatic heterocycles. The molecule has 1 aliphatic heterocycles. The summed E-state index contributed by atoms with van der Waals surface area (Å²) in [5.41, 5.74) is 2.06. The Balaban J connectivity index is 1.33. The third-order valence-corrected chi connectivity index (χ3v) is 6.65. The maximum Gasteiger partial charge on any atom is 0.260 e. The highest BCUT2D eigenvalue weighted by Gasteiger charge is 2.25. The number of carbonyl (C=O) groups is 2. The first-order chi connectivity index (χ1) is 14.6. The minimum Gasteiger partial charge on any atom is -0.342 e. The van der Waals surface area contributed by atoms with Crippen molar-refractivity contribution >= 4 is 39.6 Å². The second kappa shape index (κ2) is 9.40. The van der Waals surface area contributed by atoms with E-state index in [0.29, 0.717) is 29.5 Å². The molecule has 0 radical (unpaired) electrons. The molecule has 4 rings (SSSR count). The second-order valence-corrected chi connectivity index (χ2v) is 9.19. The van der Waals surface area contributed by atoms with Crippen LogP contribution in [-0.4, -0.2) is 49.7 Å². The van der Waals surface area contributed by atoms with Gasteiger partial charge < -0.3 is 4.90 Å². The number of thiazole rings is 2. The molecule has 1 saturated heterocycles. The number of hydrogen-bond acceptors (Lipinski definition) is 8. The molecule has 2 amide bonds. The van der Waals surface area contributed by atoms with Gasteiger partial charge in [0.15, 0.2) is 5.13 Å². The van der Waals surface area contributed by atoms with Gasteiger partial charge in [-0.2, -0.15) is 0 Å². The predicted octanol–water partition coefficient (Wildman–Crippen LogP) is 2.97. The van der Waals surface area contributed by atoms with Crippen molar-refractivity contribution in [1.29, 1.82) is 0 Å². The van der Waals surface area contributed by atoms with Crippen molar-refractivity contribution < 1.29 is 9.59 Å². The van der Waals surface area contributed by atoms with E-state index in [0.717, 1.165) is 42.3 Å². The molecule has 10 heteroatoms. The molecule has 30 heavy (non-hydrogen) atoms. The largest absolute Gasteiger partial charge is 0.342 e. The molecule has 1 fully saturated rings. The first-order valence-electron chi connectivity index (χ1n) is 9.77. The minimum atomic E-state index is -0.244. The highest BCUT2D eigenvalue weighted by atomic mass is 32.1. The lowest BCUT2D eigenvalue weighted by molar-refractivity contribution is -0.131. The summed E-state index contributed by atoms with van der Waals surface area (Å²) < 4.78 is 0. The van der Waals surface area contributed by atoms with Crippen LogP contribution in [0.4, 0.5) is 5.13 Å². The highest BCUT2D eigenvalue weighted by molar-refractivity contribution is 7.13. The van der Waals surface area contributed by atoms with E-state index in [-0.39, 0.29) is 11.8 Å². The van der Waals surface area contributed by atoms with E-state index in [4.69, 9.17) is 0 Å². The van der Waals surface area contributed by atoms with E-state index in [1.54, 1.807) is 23.7 Å². The fourth-order valence-electron chi connectivity index (χ4n) is 3.57. The number of amides is 2. The summed E-state index contributed by atoms with van der Waals surface area (Å²) >= 11 is 2.94. The summed E-state index contributed by atoms with van der Waals surface area (Å²) in [5.74, 6) is 0.257. The molecule has 0 aromatic carbocycles. The number of aromatic nitrogens is 4. The standard InChI is InChI=1S/C20H22N6O2S2/c1-13-24-15(11-30-13)9-18(27)26-5-2-14(3-6-26)8-17-16(10-21-12-23-17)19(28)25-20-22-4-7-29-20/h4,7,10-12,14H,2-3,5-6,8-9H2,1H3,(H,22,25,28). The topological polar surface area (TPSA) is 101 Å². The Bertz CT molecular complexity index is 1010. The molecule has 0 spiro atoms. The Morgan fingerprint density at radius 1 is 1.23 bits per heavy atom. The van der Waals surface area contributed by atoms with Gasteiger partial charge in [0.25, 0.3) is 5.91 Å². The van der Waals surface area contributed by atoms with E-state index < -0.39 is 0 Å². The minimum absolute atomic E-state index is 0.129. The average molecular weight is 443 g/mol. The van der Waals surface area contributed by atoms with Crippen molar-refractivity contribution in [3.8, 4) is 0 Å². The molecule has 0 atom stereocenters. The quantitative estimate of drug-likeness (QED) is 0.630. The Morgan fingerprint density at radius 3 is 2.77 bits per heavy atom. The van der Waals surface area contributed by atoms with Gasteiger partial charge in [-0.1, -0.05) is 0 Å². The van der Waals surface area contributed by atoms with Crippen LogP contribution in [0.1, 0.15) is 39.6 Å². The summed E-state index contributed by atoms with van der Waals surface area (Å²) in [5, 5.41) is 8.09. The van der Waals surface area contributed by atoms with Gasteiger partial charge in [-0.25, -0.2) is 19.9 Å². The lowest BCUT2D eigenvalue weighted by Crippen LogP contribution is -2.40. The van der Waals surface area contributed by atoms with E-state index >= 15 is 0 Å². The van der Waals surface area contributed by atoms with Crippen LogP contribution in [-0.2, 0) is 17.6 Å². The third kappa shape index (κ3) is 5.06. The van der Waals surface area contributed by atoms with Crippen molar-refractivity contribution in [3.63, 3.8) is 0 Å². The number of hydrogen-bond donors (Lipinski definition) is 1. The Kier molecular flexibility index (Phi) is 6.44. The number of aryl methyl sites for hydroxylation is 1. The lowest BCUT2D eigenvalue weighted by atomic mass is 9.90. The first kappa shape index (κ1) is 20.5. The fourth-order valence-corrected chi connectivity index (χ4v) is 4.71. The summed E-state index contributed by atoms with van der Waals surface area (Å²) in [6.45, 7) is 3.39. The monoisotopic (exact) mass is 442 g/mol. The second-order valence-electron chi connectivity index (χ2n) is 7.24. The lowest BCUT2D eigenvalue weighted by Gasteiger charge is -2.32. The molecule has 4 heterocycles. The molecular formula is C20H22N6O2S2. The number of piperidine rings is 1. The van der Waals surface area contributed by atoms with E-state index in [9.17, 15) is 9.59 Å². The molecule has 0 saturated carbocycles. The zero-order valence-corrected chi connectivity index (χ0v) is 18.2.